The van der Waals surface area contributed by atoms with Crippen molar-refractivity contribution < 1.29 is 14.3 Å². The van der Waals surface area contributed by atoms with Crippen LogP contribution in [0.3, 0.4) is 0 Å². The summed E-state index contributed by atoms with van der Waals surface area (Å²) in [6.45, 7) is 4.44. The standard InChI is InChI=1S/C29H29N5O3/c1-29(2)24(33-23-25(30)31-16-32-26(23)37-29)20-13-11-19(12-14-20)18-9-7-17(8-10-18)15-34-27(35)21-5-3-4-6-22(21)28(34)36/h3-6,11-14,16-18H,7-10,15H2,1-2H3,(H2,30,31,32)/t17-,18-. The Labute approximate surface area is 215 Å². The minimum absolute atomic E-state index is 0.160. The van der Waals surface area contributed by atoms with Gasteiger partial charge in [0.2, 0.25) is 5.88 Å². The maximum Gasteiger partial charge on any atom is 0.261 e. The highest BCUT2D eigenvalue weighted by Gasteiger charge is 2.38. The number of carbonyl (C=O) groups excluding carboxylic acids is 2. The molecular weight excluding hydrogens is 466 g/mol. The molecule has 0 saturated heterocycles. The number of hydrogen-bond donors (Lipinski definition) is 1. The van der Waals surface area contributed by atoms with Crippen molar-refractivity contribution in [2.75, 3.05) is 12.3 Å². The first kappa shape index (κ1) is 23.3. The summed E-state index contributed by atoms with van der Waals surface area (Å²) in [4.78, 5) is 39.9. The monoisotopic (exact) mass is 495 g/mol. The molecule has 188 valence electrons. The van der Waals surface area contributed by atoms with Crippen LogP contribution in [0.4, 0.5) is 11.5 Å². The highest BCUT2D eigenvalue weighted by atomic mass is 16.5. The van der Waals surface area contributed by atoms with E-state index < -0.39 is 5.60 Å². The highest BCUT2D eigenvalue weighted by Crippen LogP contribution is 2.40. The number of aromatic nitrogens is 2. The SMILES string of the molecule is CC1(C)Oc2ncnc(N)c2N=C1c1ccc([C@H]2CC[C@H](CN3C(=O)c4ccccc4C3=O)CC2)cc1. The van der Waals surface area contributed by atoms with Gasteiger partial charge in [-0.2, -0.15) is 4.98 Å². The lowest BCUT2D eigenvalue weighted by molar-refractivity contribution is 0.0614. The van der Waals surface area contributed by atoms with E-state index in [0.717, 1.165) is 37.0 Å². The van der Waals surface area contributed by atoms with E-state index in [0.29, 0.717) is 46.9 Å². The van der Waals surface area contributed by atoms with Crippen LogP contribution in [0.1, 0.15) is 77.3 Å². The number of ether oxygens (including phenoxy) is 1. The Morgan fingerprint density at radius 1 is 0.946 bits per heavy atom. The highest BCUT2D eigenvalue weighted by molar-refractivity contribution is 6.21. The van der Waals surface area contributed by atoms with Gasteiger partial charge in [0.15, 0.2) is 11.5 Å². The van der Waals surface area contributed by atoms with Gasteiger partial charge in [-0.3, -0.25) is 14.5 Å². The number of imide groups is 1. The Morgan fingerprint density at radius 3 is 2.24 bits per heavy atom. The topological polar surface area (TPSA) is 111 Å². The summed E-state index contributed by atoms with van der Waals surface area (Å²) < 4.78 is 6.10. The fraction of sp³-hybridized carbons (Fsp3) is 0.345. The molecule has 0 radical (unpaired) electrons. The average Bonchev–Trinajstić information content (AvgIpc) is 3.14. The Balaban J connectivity index is 1.12. The fourth-order valence-corrected chi connectivity index (χ4v) is 5.76. The summed E-state index contributed by atoms with van der Waals surface area (Å²) >= 11 is 0. The zero-order chi connectivity index (χ0) is 25.7. The number of nitrogens with zero attached hydrogens (tertiary/aromatic N) is 4. The van der Waals surface area contributed by atoms with Crippen LogP contribution in [-0.2, 0) is 0 Å². The molecule has 6 rings (SSSR count). The first-order chi connectivity index (χ1) is 17.8. The predicted molar refractivity (Wildman–Crippen MR) is 140 cm³/mol. The molecule has 1 saturated carbocycles. The number of amides is 2. The summed E-state index contributed by atoms with van der Waals surface area (Å²) in [6, 6.07) is 15.6. The third-order valence-electron chi connectivity index (χ3n) is 7.78. The molecule has 0 atom stereocenters. The molecule has 2 aromatic carbocycles. The maximum absolute atomic E-state index is 12.7. The minimum atomic E-state index is -0.655. The fourth-order valence-electron chi connectivity index (χ4n) is 5.76. The molecule has 3 aromatic rings. The van der Waals surface area contributed by atoms with Crippen molar-refractivity contribution in [1.29, 1.82) is 0 Å². The van der Waals surface area contributed by atoms with Crippen molar-refractivity contribution in [3.05, 3.63) is 77.1 Å². The van der Waals surface area contributed by atoms with Gasteiger partial charge in [-0.05, 0) is 69.1 Å². The number of anilines is 1. The van der Waals surface area contributed by atoms with E-state index in [-0.39, 0.29) is 11.8 Å². The van der Waals surface area contributed by atoms with Gasteiger partial charge in [-0.25, -0.2) is 9.98 Å². The van der Waals surface area contributed by atoms with Gasteiger partial charge in [0.05, 0.1) is 16.8 Å². The average molecular weight is 496 g/mol. The molecular formula is C29H29N5O3. The van der Waals surface area contributed by atoms with Crippen molar-refractivity contribution >= 4 is 29.0 Å². The lowest BCUT2D eigenvalue weighted by atomic mass is 9.78. The Hall–Kier alpha value is -4.07. The van der Waals surface area contributed by atoms with Gasteiger partial charge in [0, 0.05) is 12.1 Å². The summed E-state index contributed by atoms with van der Waals surface area (Å²) in [6.07, 6.45) is 5.43. The largest absolute Gasteiger partial charge is 0.463 e. The van der Waals surface area contributed by atoms with Crippen LogP contribution in [0, 0.1) is 5.92 Å². The second-order valence-electron chi connectivity index (χ2n) is 10.6. The summed E-state index contributed by atoms with van der Waals surface area (Å²) in [5, 5.41) is 0. The molecule has 8 heteroatoms. The van der Waals surface area contributed by atoms with Crippen molar-refractivity contribution in [2.24, 2.45) is 10.9 Å². The molecule has 3 heterocycles. The third-order valence-corrected chi connectivity index (χ3v) is 7.78. The molecule has 1 fully saturated rings. The van der Waals surface area contributed by atoms with Crippen LogP contribution >= 0.6 is 0 Å². The number of rotatable bonds is 4. The van der Waals surface area contributed by atoms with Gasteiger partial charge in [0.25, 0.3) is 11.8 Å². The van der Waals surface area contributed by atoms with Crippen LogP contribution in [-0.4, -0.2) is 44.5 Å². The van der Waals surface area contributed by atoms with E-state index in [1.165, 1.54) is 16.8 Å². The van der Waals surface area contributed by atoms with Gasteiger partial charge >= 0.3 is 0 Å². The van der Waals surface area contributed by atoms with Gasteiger partial charge in [-0.1, -0.05) is 36.4 Å². The molecule has 37 heavy (non-hydrogen) atoms. The van der Waals surface area contributed by atoms with Crippen molar-refractivity contribution in [3.8, 4) is 5.88 Å². The molecule has 3 aliphatic rings. The molecule has 1 aliphatic carbocycles. The van der Waals surface area contributed by atoms with E-state index in [1.54, 1.807) is 12.1 Å². The summed E-state index contributed by atoms with van der Waals surface area (Å²) in [5.74, 6) is 1.16. The van der Waals surface area contributed by atoms with Crippen molar-refractivity contribution in [1.82, 2.24) is 14.9 Å². The van der Waals surface area contributed by atoms with Gasteiger partial charge in [-0.15, -0.1) is 0 Å². The quantitative estimate of drug-likeness (QED) is 0.514. The number of nitrogen functional groups attached to an aromatic ring is 1. The zero-order valence-corrected chi connectivity index (χ0v) is 21.0. The maximum atomic E-state index is 12.7. The van der Waals surface area contributed by atoms with Crippen LogP contribution < -0.4 is 10.5 Å². The van der Waals surface area contributed by atoms with Crippen LogP contribution in [0.15, 0.2) is 59.9 Å². The number of carbonyl (C=O) groups is 2. The van der Waals surface area contributed by atoms with Gasteiger partial charge in [0.1, 0.15) is 11.9 Å². The Kier molecular flexibility index (Phi) is 5.55. The number of aliphatic imine (C=N–C) groups is 1. The van der Waals surface area contributed by atoms with Crippen LogP contribution in [0.2, 0.25) is 0 Å². The molecule has 2 amide bonds. The number of benzene rings is 2. The van der Waals surface area contributed by atoms with E-state index in [1.807, 2.05) is 26.0 Å². The Morgan fingerprint density at radius 2 is 1.59 bits per heavy atom. The molecule has 0 spiro atoms. The third kappa shape index (κ3) is 4.06. The van der Waals surface area contributed by atoms with Crippen LogP contribution in [0.5, 0.6) is 5.88 Å². The lowest BCUT2D eigenvalue weighted by Gasteiger charge is -2.32. The second kappa shape index (κ2) is 8.80. The van der Waals surface area contributed by atoms with Gasteiger partial charge < -0.3 is 10.5 Å². The smallest absolute Gasteiger partial charge is 0.261 e. The zero-order valence-electron chi connectivity index (χ0n) is 21.0. The predicted octanol–water partition coefficient (Wildman–Crippen LogP) is 4.92. The first-order valence-electron chi connectivity index (χ1n) is 12.8. The molecule has 0 bridgehead atoms. The van der Waals surface area contributed by atoms with E-state index in [4.69, 9.17) is 15.5 Å². The molecule has 2 aliphatic heterocycles. The summed E-state index contributed by atoms with van der Waals surface area (Å²) in [7, 11) is 0. The Bertz CT molecular complexity index is 1390. The number of nitrogens with two attached hydrogens (primary N) is 1. The van der Waals surface area contributed by atoms with Crippen LogP contribution in [0.25, 0.3) is 0 Å². The van der Waals surface area contributed by atoms with E-state index in [2.05, 4.69) is 34.2 Å². The number of hydrogen-bond acceptors (Lipinski definition) is 7. The molecule has 8 nitrogen and oxygen atoms in total. The number of fused-ring (bicyclic) bond motifs is 2. The second-order valence-corrected chi connectivity index (χ2v) is 10.6. The molecule has 0 unspecified atom stereocenters. The van der Waals surface area contributed by atoms with E-state index >= 15 is 0 Å². The van der Waals surface area contributed by atoms with Crippen molar-refractivity contribution in [3.63, 3.8) is 0 Å². The molecule has 1 aromatic heterocycles. The summed E-state index contributed by atoms with van der Waals surface area (Å²) in [5.41, 5.74) is 9.93. The molecule has 2 N–H and O–H groups in total. The van der Waals surface area contributed by atoms with E-state index in [9.17, 15) is 9.59 Å². The normalized spacial score (nSPS) is 22.2. The first-order valence-corrected chi connectivity index (χ1v) is 12.8. The van der Waals surface area contributed by atoms with Crippen molar-refractivity contribution in [2.45, 2.75) is 51.0 Å². The lowest BCUT2D eigenvalue weighted by Crippen LogP contribution is -2.41. The minimum Gasteiger partial charge on any atom is -0.463 e.